The smallest absolute Gasteiger partial charge is 0.269 e. The van der Waals surface area contributed by atoms with Gasteiger partial charge in [-0.05, 0) is 30.8 Å². The second-order valence-corrected chi connectivity index (χ2v) is 9.04. The molecule has 2 unspecified atom stereocenters. The molecule has 0 fully saturated rings. The van der Waals surface area contributed by atoms with Crippen LogP contribution in [-0.2, 0) is 10.0 Å². The number of allylic oxidation sites excluding steroid dienone is 1. The summed E-state index contributed by atoms with van der Waals surface area (Å²) in [5, 5.41) is 22.9. The minimum absolute atomic E-state index is 0.00570. The maximum Gasteiger partial charge on any atom is 0.269 e. The number of hydrogen-bond donors (Lipinski definition) is 3. The first-order valence-corrected chi connectivity index (χ1v) is 11.6. The van der Waals surface area contributed by atoms with Crippen LogP contribution in [0.5, 0.6) is 0 Å². The van der Waals surface area contributed by atoms with E-state index in [1.54, 1.807) is 0 Å². The highest BCUT2D eigenvalue weighted by molar-refractivity contribution is 7.89. The third kappa shape index (κ3) is 16.5. The van der Waals surface area contributed by atoms with Crippen LogP contribution in [0.1, 0.15) is 90.9 Å². The van der Waals surface area contributed by atoms with E-state index in [0.717, 1.165) is 12.8 Å². The van der Waals surface area contributed by atoms with Crippen LogP contribution in [0.2, 0.25) is 0 Å². The summed E-state index contributed by atoms with van der Waals surface area (Å²) in [7, 11) is -3.45. The number of nitrogens with two attached hydrogens (primary N) is 1. The van der Waals surface area contributed by atoms with Crippen molar-refractivity contribution < 1.29 is 18.6 Å². The lowest BCUT2D eigenvalue weighted by atomic mass is 9.84. The monoisotopic (exact) mass is 377 g/mol. The first-order chi connectivity index (χ1) is 11.8. The summed E-state index contributed by atoms with van der Waals surface area (Å²) in [5.41, 5.74) is 0. The number of rotatable bonds is 16. The summed E-state index contributed by atoms with van der Waals surface area (Å²) in [4.78, 5) is 0. The third-order valence-electron chi connectivity index (χ3n) is 4.93. The Hall–Kier alpha value is -0.750. The number of sulfonamides is 1. The van der Waals surface area contributed by atoms with Crippen LogP contribution in [0.15, 0.2) is 12.0 Å². The first kappa shape index (κ1) is 24.2. The van der Waals surface area contributed by atoms with Crippen molar-refractivity contribution in [2.75, 3.05) is 5.75 Å². The van der Waals surface area contributed by atoms with Gasteiger partial charge in [0.1, 0.15) is 0 Å². The molecule has 2 atom stereocenters. The molecular formula is C19H39NO4S. The van der Waals surface area contributed by atoms with Crippen LogP contribution < -0.4 is 5.14 Å². The molecule has 0 aliphatic heterocycles. The lowest BCUT2D eigenvalue weighted by Gasteiger charge is -2.23. The van der Waals surface area contributed by atoms with Crippen molar-refractivity contribution in [3.63, 3.8) is 0 Å². The van der Waals surface area contributed by atoms with Gasteiger partial charge in [0.25, 0.3) is 5.95 Å². The first-order valence-electron chi connectivity index (χ1n) is 9.84. The van der Waals surface area contributed by atoms with Crippen molar-refractivity contribution in [3.8, 4) is 0 Å². The molecule has 0 saturated heterocycles. The van der Waals surface area contributed by atoms with E-state index in [2.05, 4.69) is 6.92 Å². The Morgan fingerprint density at radius 2 is 1.48 bits per heavy atom. The van der Waals surface area contributed by atoms with E-state index >= 15 is 0 Å². The number of aliphatic hydroxyl groups excluding tert-OH is 1. The maximum absolute atomic E-state index is 11.2. The van der Waals surface area contributed by atoms with E-state index in [-0.39, 0.29) is 17.6 Å². The van der Waals surface area contributed by atoms with Gasteiger partial charge in [0.2, 0.25) is 10.0 Å². The summed E-state index contributed by atoms with van der Waals surface area (Å²) < 4.78 is 22.5. The molecule has 4 N–H and O–H groups in total. The van der Waals surface area contributed by atoms with Gasteiger partial charge < -0.3 is 10.2 Å². The summed E-state index contributed by atoms with van der Waals surface area (Å²) >= 11 is 0. The van der Waals surface area contributed by atoms with E-state index in [0.29, 0.717) is 12.8 Å². The quantitative estimate of drug-likeness (QED) is 0.254. The SMILES string of the molecule is CCCCCCCCCCCC(CCS(N)(=O)=O)C(C)CC=C(O)O. The van der Waals surface area contributed by atoms with Gasteiger partial charge in [-0.2, -0.15) is 0 Å². The van der Waals surface area contributed by atoms with Gasteiger partial charge in [0, 0.05) is 0 Å². The predicted octanol–water partition coefficient (Wildman–Crippen LogP) is 5.19. The Balaban J connectivity index is 4.10. The lowest BCUT2D eigenvalue weighted by molar-refractivity contribution is 0.186. The Morgan fingerprint density at radius 3 is 1.96 bits per heavy atom. The maximum atomic E-state index is 11.2. The van der Waals surface area contributed by atoms with Crippen LogP contribution in [0.3, 0.4) is 0 Å². The van der Waals surface area contributed by atoms with Gasteiger partial charge >= 0.3 is 0 Å². The Kier molecular flexibility index (Phi) is 14.0. The molecule has 0 rings (SSSR count). The average molecular weight is 378 g/mol. The van der Waals surface area contributed by atoms with Gasteiger partial charge in [-0.3, -0.25) is 0 Å². The molecule has 0 bridgehead atoms. The van der Waals surface area contributed by atoms with Crippen molar-refractivity contribution in [2.45, 2.75) is 90.9 Å². The number of hydrogen-bond acceptors (Lipinski definition) is 4. The van der Waals surface area contributed by atoms with Gasteiger partial charge in [-0.25, -0.2) is 13.6 Å². The van der Waals surface area contributed by atoms with E-state index in [1.807, 2.05) is 6.92 Å². The second-order valence-electron chi connectivity index (χ2n) is 7.31. The molecule has 0 aliphatic carbocycles. The molecule has 0 amide bonds. The van der Waals surface area contributed by atoms with Gasteiger partial charge in [-0.1, -0.05) is 78.1 Å². The minimum Gasteiger partial charge on any atom is -0.481 e. The number of aliphatic hydroxyl groups is 2. The Bertz CT molecular complexity index is 444. The van der Waals surface area contributed by atoms with Gasteiger partial charge in [0.05, 0.1) is 5.75 Å². The molecule has 6 heteroatoms. The fraction of sp³-hybridized carbons (Fsp3) is 0.895. The standard InChI is InChI=1S/C19H39NO4S/c1-3-4-5-6-7-8-9-10-11-12-18(15-16-25(20,23)24)17(2)13-14-19(21)22/h14,17-18,21-22H,3-13,15-16H2,1-2H3,(H2,20,23,24). The van der Waals surface area contributed by atoms with Crippen molar-refractivity contribution in [3.05, 3.63) is 12.0 Å². The molecule has 0 aliphatic rings. The highest BCUT2D eigenvalue weighted by atomic mass is 32.2. The molecule has 25 heavy (non-hydrogen) atoms. The highest BCUT2D eigenvalue weighted by Gasteiger charge is 2.18. The molecule has 0 radical (unpaired) electrons. The number of primary sulfonamides is 1. The molecule has 0 spiro atoms. The molecule has 0 heterocycles. The molecule has 150 valence electrons. The van der Waals surface area contributed by atoms with Crippen molar-refractivity contribution >= 4 is 10.0 Å². The van der Waals surface area contributed by atoms with Crippen LogP contribution in [0, 0.1) is 11.8 Å². The van der Waals surface area contributed by atoms with E-state index in [1.165, 1.54) is 57.4 Å². The zero-order chi connectivity index (χ0) is 19.1. The fourth-order valence-corrected chi connectivity index (χ4v) is 3.86. The van der Waals surface area contributed by atoms with E-state index < -0.39 is 16.0 Å². The molecule has 0 aromatic carbocycles. The summed E-state index contributed by atoms with van der Waals surface area (Å²) in [6.07, 6.45) is 14.8. The van der Waals surface area contributed by atoms with E-state index in [9.17, 15) is 8.42 Å². The van der Waals surface area contributed by atoms with Crippen LogP contribution >= 0.6 is 0 Å². The minimum atomic E-state index is -3.45. The zero-order valence-corrected chi connectivity index (χ0v) is 16.9. The van der Waals surface area contributed by atoms with Crippen LogP contribution in [-0.4, -0.2) is 24.4 Å². The lowest BCUT2D eigenvalue weighted by Crippen LogP contribution is -2.21. The van der Waals surface area contributed by atoms with Crippen molar-refractivity contribution in [1.29, 1.82) is 0 Å². The highest BCUT2D eigenvalue weighted by Crippen LogP contribution is 2.26. The predicted molar refractivity (Wildman–Crippen MR) is 105 cm³/mol. The third-order valence-corrected chi connectivity index (χ3v) is 5.73. The van der Waals surface area contributed by atoms with Gasteiger partial charge in [0.15, 0.2) is 0 Å². The van der Waals surface area contributed by atoms with Crippen molar-refractivity contribution in [2.24, 2.45) is 17.0 Å². The Morgan fingerprint density at radius 1 is 0.960 bits per heavy atom. The summed E-state index contributed by atoms with van der Waals surface area (Å²) in [5.74, 6) is -0.238. The molecule has 0 aromatic rings. The molecule has 0 saturated carbocycles. The summed E-state index contributed by atoms with van der Waals surface area (Å²) in [6.45, 7) is 4.26. The number of unbranched alkanes of at least 4 members (excludes halogenated alkanes) is 8. The zero-order valence-electron chi connectivity index (χ0n) is 16.1. The molecule has 0 aromatic heterocycles. The normalized spacial score (nSPS) is 14.2. The second kappa shape index (κ2) is 14.4. The van der Waals surface area contributed by atoms with Gasteiger partial charge in [-0.15, -0.1) is 0 Å². The van der Waals surface area contributed by atoms with Crippen LogP contribution in [0.25, 0.3) is 0 Å². The van der Waals surface area contributed by atoms with E-state index in [4.69, 9.17) is 15.4 Å². The fourth-order valence-electron chi connectivity index (χ4n) is 3.23. The topological polar surface area (TPSA) is 101 Å². The average Bonchev–Trinajstić information content (AvgIpc) is 2.52. The molecular weight excluding hydrogens is 338 g/mol. The Labute approximate surface area is 154 Å². The van der Waals surface area contributed by atoms with Crippen molar-refractivity contribution in [1.82, 2.24) is 0 Å². The largest absolute Gasteiger partial charge is 0.481 e. The molecule has 5 nitrogen and oxygen atoms in total. The summed E-state index contributed by atoms with van der Waals surface area (Å²) in [6, 6.07) is 0. The van der Waals surface area contributed by atoms with Crippen LogP contribution in [0.4, 0.5) is 0 Å².